The molecule has 0 saturated carbocycles. The van der Waals surface area contributed by atoms with E-state index in [4.69, 9.17) is 9.47 Å². The Morgan fingerprint density at radius 2 is 1.47 bits per heavy atom. The largest absolute Gasteiger partial charge is 0.377 e. The summed E-state index contributed by atoms with van der Waals surface area (Å²) >= 11 is 0. The fourth-order valence-corrected chi connectivity index (χ4v) is 0.981. The minimum absolute atomic E-state index is 0.187. The third kappa shape index (κ3) is 11.8. The van der Waals surface area contributed by atoms with Gasteiger partial charge in [-0.25, -0.2) is 0 Å². The Hall–Kier alpha value is -0.160. The molecular weight excluding hydrogens is 192 g/mol. The van der Waals surface area contributed by atoms with Crippen molar-refractivity contribution in [2.75, 3.05) is 61.1 Å². The first kappa shape index (κ1) is 14.8. The Labute approximate surface area is 94.1 Å². The lowest BCUT2D eigenvalue weighted by molar-refractivity contribution is -0.0129. The lowest BCUT2D eigenvalue weighted by Crippen LogP contribution is -2.25. The van der Waals surface area contributed by atoms with E-state index in [9.17, 15) is 0 Å². The molecule has 0 amide bonds. The molecular formula is C11H26N2O2. The van der Waals surface area contributed by atoms with Crippen LogP contribution in [0.15, 0.2) is 0 Å². The summed E-state index contributed by atoms with van der Waals surface area (Å²) in [5.74, 6) is 0. The van der Waals surface area contributed by atoms with Crippen LogP contribution in [0.1, 0.15) is 6.92 Å². The molecule has 0 fully saturated rings. The van der Waals surface area contributed by atoms with Crippen molar-refractivity contribution in [2.24, 2.45) is 0 Å². The van der Waals surface area contributed by atoms with Crippen LogP contribution in [0.3, 0.4) is 0 Å². The molecule has 0 spiro atoms. The maximum absolute atomic E-state index is 5.58. The second-order valence-corrected chi connectivity index (χ2v) is 4.36. The fraction of sp³-hybridized carbons (Fsp3) is 1.00. The van der Waals surface area contributed by atoms with E-state index in [0.29, 0.717) is 6.61 Å². The Morgan fingerprint density at radius 3 is 2.00 bits per heavy atom. The molecule has 0 bridgehead atoms. The van der Waals surface area contributed by atoms with E-state index in [2.05, 4.69) is 9.80 Å². The van der Waals surface area contributed by atoms with Crippen LogP contribution in [0.4, 0.5) is 0 Å². The average molecular weight is 218 g/mol. The lowest BCUT2D eigenvalue weighted by atomic mass is 10.4. The quantitative estimate of drug-likeness (QED) is 0.527. The molecule has 0 aliphatic rings. The van der Waals surface area contributed by atoms with Gasteiger partial charge in [0.2, 0.25) is 0 Å². The highest BCUT2D eigenvalue weighted by molar-refractivity contribution is 4.50. The number of rotatable bonds is 9. The van der Waals surface area contributed by atoms with Gasteiger partial charge in [0.25, 0.3) is 0 Å². The monoisotopic (exact) mass is 218 g/mol. The van der Waals surface area contributed by atoms with Crippen LogP contribution in [0.5, 0.6) is 0 Å². The van der Waals surface area contributed by atoms with Gasteiger partial charge in [0, 0.05) is 13.1 Å². The Kier molecular flexibility index (Phi) is 9.00. The topological polar surface area (TPSA) is 24.9 Å². The molecule has 0 aromatic rings. The predicted octanol–water partition coefficient (Wildman–Crippen LogP) is 0.531. The maximum Gasteiger partial charge on any atom is 0.0781 e. The summed E-state index contributed by atoms with van der Waals surface area (Å²) in [5.41, 5.74) is 0. The Bertz CT molecular complexity index is 141. The smallest absolute Gasteiger partial charge is 0.0781 e. The Balaban J connectivity index is 3.22. The van der Waals surface area contributed by atoms with Crippen molar-refractivity contribution in [2.45, 2.75) is 13.0 Å². The molecule has 15 heavy (non-hydrogen) atoms. The highest BCUT2D eigenvalue weighted by Crippen LogP contribution is 1.92. The first-order valence-electron chi connectivity index (χ1n) is 5.51. The molecule has 0 heterocycles. The van der Waals surface area contributed by atoms with E-state index in [-0.39, 0.29) is 6.10 Å². The van der Waals surface area contributed by atoms with Crippen molar-refractivity contribution < 1.29 is 9.47 Å². The second-order valence-electron chi connectivity index (χ2n) is 4.36. The van der Waals surface area contributed by atoms with Crippen molar-refractivity contribution in [3.63, 3.8) is 0 Å². The van der Waals surface area contributed by atoms with Gasteiger partial charge < -0.3 is 19.3 Å². The molecule has 0 rings (SSSR count). The average Bonchev–Trinajstić information content (AvgIpc) is 2.11. The van der Waals surface area contributed by atoms with Gasteiger partial charge in [-0.05, 0) is 35.1 Å². The van der Waals surface area contributed by atoms with Gasteiger partial charge in [-0.2, -0.15) is 0 Å². The van der Waals surface area contributed by atoms with Crippen molar-refractivity contribution in [3.05, 3.63) is 0 Å². The number of likely N-dealkylation sites (N-methyl/N-ethyl adjacent to an activating group) is 2. The molecule has 4 nitrogen and oxygen atoms in total. The zero-order valence-corrected chi connectivity index (χ0v) is 10.8. The van der Waals surface area contributed by atoms with E-state index < -0.39 is 0 Å². The standard InChI is InChI=1S/C11H26N2O2/c1-11(15-9-7-13(4)5)10-14-8-6-12(2)3/h11H,6-10H2,1-5H3. The number of hydrogen-bond donors (Lipinski definition) is 0. The second kappa shape index (κ2) is 9.09. The van der Waals surface area contributed by atoms with Crippen LogP contribution in [-0.2, 0) is 9.47 Å². The molecule has 1 unspecified atom stereocenters. The summed E-state index contributed by atoms with van der Waals surface area (Å²) in [7, 11) is 8.17. The Morgan fingerprint density at radius 1 is 0.933 bits per heavy atom. The van der Waals surface area contributed by atoms with E-state index in [1.165, 1.54) is 0 Å². The number of ether oxygens (including phenoxy) is 2. The van der Waals surface area contributed by atoms with Gasteiger partial charge in [0.1, 0.15) is 0 Å². The third-order valence-electron chi connectivity index (χ3n) is 1.98. The highest BCUT2D eigenvalue weighted by Gasteiger charge is 2.02. The van der Waals surface area contributed by atoms with Crippen LogP contribution >= 0.6 is 0 Å². The number of hydrogen-bond acceptors (Lipinski definition) is 4. The number of nitrogens with zero attached hydrogens (tertiary/aromatic N) is 2. The van der Waals surface area contributed by atoms with Gasteiger partial charge in [-0.15, -0.1) is 0 Å². The van der Waals surface area contributed by atoms with Crippen molar-refractivity contribution in [1.82, 2.24) is 9.80 Å². The molecule has 4 heteroatoms. The first-order valence-corrected chi connectivity index (χ1v) is 5.51. The van der Waals surface area contributed by atoms with Gasteiger partial charge >= 0.3 is 0 Å². The summed E-state index contributed by atoms with van der Waals surface area (Å²) in [4.78, 5) is 4.22. The fourth-order valence-electron chi connectivity index (χ4n) is 0.981. The van der Waals surface area contributed by atoms with Crippen molar-refractivity contribution >= 4 is 0 Å². The summed E-state index contributed by atoms with van der Waals surface area (Å²) < 4.78 is 11.1. The molecule has 0 radical (unpaired) electrons. The molecule has 0 aliphatic heterocycles. The van der Waals surface area contributed by atoms with Crippen molar-refractivity contribution in [1.29, 1.82) is 0 Å². The summed E-state index contributed by atoms with van der Waals surface area (Å²) in [6.07, 6.45) is 0.187. The minimum atomic E-state index is 0.187. The van der Waals surface area contributed by atoms with Crippen LogP contribution in [0.2, 0.25) is 0 Å². The normalized spacial score (nSPS) is 13.8. The lowest BCUT2D eigenvalue weighted by Gasteiger charge is -2.16. The summed E-state index contributed by atoms with van der Waals surface area (Å²) in [6, 6.07) is 0. The van der Waals surface area contributed by atoms with Gasteiger partial charge in [0.15, 0.2) is 0 Å². The maximum atomic E-state index is 5.58. The molecule has 1 atom stereocenters. The molecule has 0 aliphatic carbocycles. The molecule has 92 valence electrons. The SMILES string of the molecule is CC(COCCN(C)C)OCCN(C)C. The van der Waals surface area contributed by atoms with Crippen LogP contribution in [0, 0.1) is 0 Å². The van der Waals surface area contributed by atoms with E-state index >= 15 is 0 Å². The minimum Gasteiger partial charge on any atom is -0.377 e. The highest BCUT2D eigenvalue weighted by atomic mass is 16.5. The van der Waals surface area contributed by atoms with Gasteiger partial charge in [-0.1, -0.05) is 0 Å². The third-order valence-corrected chi connectivity index (χ3v) is 1.98. The molecule has 0 aromatic heterocycles. The van der Waals surface area contributed by atoms with Gasteiger partial charge in [0.05, 0.1) is 25.9 Å². The first-order chi connectivity index (χ1) is 7.02. The van der Waals surface area contributed by atoms with Gasteiger partial charge in [-0.3, -0.25) is 0 Å². The van der Waals surface area contributed by atoms with Crippen molar-refractivity contribution in [3.8, 4) is 0 Å². The van der Waals surface area contributed by atoms with E-state index in [0.717, 1.165) is 26.3 Å². The van der Waals surface area contributed by atoms with E-state index in [1.54, 1.807) is 0 Å². The summed E-state index contributed by atoms with van der Waals surface area (Å²) in [5, 5.41) is 0. The van der Waals surface area contributed by atoms with Crippen LogP contribution < -0.4 is 0 Å². The van der Waals surface area contributed by atoms with Crippen LogP contribution in [-0.4, -0.2) is 77.0 Å². The molecule has 0 aromatic carbocycles. The molecule has 0 saturated heterocycles. The zero-order valence-electron chi connectivity index (χ0n) is 10.8. The molecule has 0 N–H and O–H groups in total. The zero-order chi connectivity index (χ0) is 11.7. The predicted molar refractivity (Wildman–Crippen MR) is 63.3 cm³/mol. The van der Waals surface area contributed by atoms with E-state index in [1.807, 2.05) is 35.1 Å². The van der Waals surface area contributed by atoms with Crippen LogP contribution in [0.25, 0.3) is 0 Å². The summed E-state index contributed by atoms with van der Waals surface area (Å²) in [6.45, 7) is 6.19.